The van der Waals surface area contributed by atoms with Crippen LogP contribution in [0.4, 0.5) is 15.9 Å². The van der Waals surface area contributed by atoms with Crippen LogP contribution in [0.15, 0.2) is 24.4 Å². The minimum absolute atomic E-state index is 0.0349. The molecule has 0 unspecified atom stereocenters. The fourth-order valence-electron chi connectivity index (χ4n) is 1.40. The van der Waals surface area contributed by atoms with Gasteiger partial charge in [-0.05, 0) is 18.2 Å². The average molecular weight is 269 g/mol. The van der Waals surface area contributed by atoms with Crippen LogP contribution in [-0.2, 0) is 7.05 Å². The SMILES string of the molecule is Cn1ncc(C(=O)Nc2ccc(Cl)cc2F)c1N. The molecule has 94 valence electrons. The molecule has 0 radical (unpaired) electrons. The van der Waals surface area contributed by atoms with Crippen LogP contribution in [0.25, 0.3) is 0 Å². The molecule has 0 bridgehead atoms. The molecule has 1 amide bonds. The van der Waals surface area contributed by atoms with Gasteiger partial charge in [0.05, 0.1) is 11.9 Å². The van der Waals surface area contributed by atoms with Crippen molar-refractivity contribution >= 4 is 29.0 Å². The van der Waals surface area contributed by atoms with Gasteiger partial charge < -0.3 is 11.1 Å². The number of anilines is 2. The van der Waals surface area contributed by atoms with Crippen LogP contribution >= 0.6 is 11.6 Å². The van der Waals surface area contributed by atoms with Gasteiger partial charge in [0.25, 0.3) is 5.91 Å². The molecule has 0 aliphatic carbocycles. The van der Waals surface area contributed by atoms with Crippen molar-refractivity contribution in [2.24, 2.45) is 7.05 Å². The fourth-order valence-corrected chi connectivity index (χ4v) is 1.56. The molecule has 3 N–H and O–H groups in total. The number of hydrogen-bond acceptors (Lipinski definition) is 3. The van der Waals surface area contributed by atoms with Crippen molar-refractivity contribution in [2.75, 3.05) is 11.1 Å². The molecule has 0 saturated carbocycles. The first-order valence-electron chi connectivity index (χ1n) is 5.03. The number of nitrogens with one attached hydrogen (secondary N) is 1. The standard InChI is InChI=1S/C11H10ClFN4O/c1-17-10(14)7(5-15-17)11(18)16-9-3-2-6(12)4-8(9)13/h2-5H,14H2,1H3,(H,16,18). The van der Waals surface area contributed by atoms with Gasteiger partial charge in [-0.25, -0.2) is 4.39 Å². The second-order valence-corrected chi connectivity index (χ2v) is 4.08. The van der Waals surface area contributed by atoms with Crippen LogP contribution in [0.2, 0.25) is 5.02 Å². The molecule has 0 spiro atoms. The first-order chi connectivity index (χ1) is 8.49. The van der Waals surface area contributed by atoms with Crippen LogP contribution in [0.1, 0.15) is 10.4 Å². The van der Waals surface area contributed by atoms with Gasteiger partial charge in [0.1, 0.15) is 17.2 Å². The van der Waals surface area contributed by atoms with Crippen molar-refractivity contribution in [3.05, 3.63) is 40.8 Å². The Bertz CT molecular complexity index is 611. The molecular weight excluding hydrogens is 259 g/mol. The lowest BCUT2D eigenvalue weighted by atomic mass is 10.2. The third-order valence-electron chi connectivity index (χ3n) is 2.41. The Morgan fingerprint density at radius 2 is 2.28 bits per heavy atom. The van der Waals surface area contributed by atoms with Crippen molar-refractivity contribution in [1.29, 1.82) is 0 Å². The van der Waals surface area contributed by atoms with E-state index in [1.54, 1.807) is 7.05 Å². The number of nitrogens with two attached hydrogens (primary N) is 1. The maximum absolute atomic E-state index is 13.5. The molecule has 0 saturated heterocycles. The number of aryl methyl sites for hydroxylation is 1. The van der Waals surface area contributed by atoms with Crippen molar-refractivity contribution in [1.82, 2.24) is 9.78 Å². The van der Waals surface area contributed by atoms with Crippen molar-refractivity contribution in [2.45, 2.75) is 0 Å². The van der Waals surface area contributed by atoms with Crippen LogP contribution < -0.4 is 11.1 Å². The molecule has 0 atom stereocenters. The molecule has 2 rings (SSSR count). The number of aromatic nitrogens is 2. The van der Waals surface area contributed by atoms with Crippen molar-refractivity contribution in [3.63, 3.8) is 0 Å². The Balaban J connectivity index is 2.24. The predicted molar refractivity (Wildman–Crippen MR) is 67.0 cm³/mol. The van der Waals surface area contributed by atoms with Crippen LogP contribution in [0.5, 0.6) is 0 Å². The van der Waals surface area contributed by atoms with Gasteiger partial charge in [-0.3, -0.25) is 9.48 Å². The zero-order valence-electron chi connectivity index (χ0n) is 9.45. The van der Waals surface area contributed by atoms with Gasteiger partial charge in [0.2, 0.25) is 0 Å². The maximum Gasteiger partial charge on any atom is 0.261 e. The summed E-state index contributed by atoms with van der Waals surface area (Å²) in [6.45, 7) is 0. The van der Waals surface area contributed by atoms with Crippen LogP contribution in [0, 0.1) is 5.82 Å². The fraction of sp³-hybridized carbons (Fsp3) is 0.0909. The zero-order chi connectivity index (χ0) is 13.3. The Labute approximate surface area is 107 Å². The summed E-state index contributed by atoms with van der Waals surface area (Å²) >= 11 is 5.61. The molecule has 1 aromatic carbocycles. The van der Waals surface area contributed by atoms with Crippen molar-refractivity contribution < 1.29 is 9.18 Å². The summed E-state index contributed by atoms with van der Waals surface area (Å²) in [5, 5.41) is 6.49. The number of halogens is 2. The highest BCUT2D eigenvalue weighted by Gasteiger charge is 2.15. The Hall–Kier alpha value is -2.08. The second kappa shape index (κ2) is 4.66. The normalized spacial score (nSPS) is 10.4. The zero-order valence-corrected chi connectivity index (χ0v) is 10.2. The van der Waals surface area contributed by atoms with Gasteiger partial charge in [-0.2, -0.15) is 5.10 Å². The smallest absolute Gasteiger partial charge is 0.261 e. The molecule has 1 heterocycles. The quantitative estimate of drug-likeness (QED) is 0.875. The van der Waals surface area contributed by atoms with Crippen LogP contribution in [-0.4, -0.2) is 15.7 Å². The molecule has 0 aliphatic rings. The van der Waals surface area contributed by atoms with Crippen molar-refractivity contribution in [3.8, 4) is 0 Å². The van der Waals surface area contributed by atoms with E-state index in [1.807, 2.05) is 0 Å². The molecule has 7 heteroatoms. The van der Waals surface area contributed by atoms with E-state index in [0.29, 0.717) is 0 Å². The number of hydrogen-bond donors (Lipinski definition) is 2. The number of rotatable bonds is 2. The number of amides is 1. The number of nitrogen functional groups attached to an aromatic ring is 1. The third kappa shape index (κ3) is 2.28. The molecule has 0 fully saturated rings. The van der Waals surface area contributed by atoms with Gasteiger partial charge in [0.15, 0.2) is 0 Å². The van der Waals surface area contributed by atoms with Crippen LogP contribution in [0.3, 0.4) is 0 Å². The molecule has 18 heavy (non-hydrogen) atoms. The van der Waals surface area contributed by atoms with Gasteiger partial charge in [0, 0.05) is 12.1 Å². The van der Waals surface area contributed by atoms with E-state index < -0.39 is 11.7 Å². The number of nitrogens with zero attached hydrogens (tertiary/aromatic N) is 2. The lowest BCUT2D eigenvalue weighted by Gasteiger charge is -2.06. The summed E-state index contributed by atoms with van der Waals surface area (Å²) in [5.74, 6) is -0.929. The van der Waals surface area contributed by atoms with E-state index in [0.717, 1.165) is 6.07 Å². The van der Waals surface area contributed by atoms with Gasteiger partial charge in [-0.1, -0.05) is 11.6 Å². The predicted octanol–water partition coefficient (Wildman–Crippen LogP) is 2.05. The number of carbonyl (C=O) groups excluding carboxylic acids is 1. The van der Waals surface area contributed by atoms with E-state index in [1.165, 1.54) is 23.0 Å². The highest BCUT2D eigenvalue weighted by atomic mass is 35.5. The minimum Gasteiger partial charge on any atom is -0.383 e. The number of carbonyl (C=O) groups is 1. The highest BCUT2D eigenvalue weighted by Crippen LogP contribution is 2.20. The monoisotopic (exact) mass is 268 g/mol. The van der Waals surface area contributed by atoms with E-state index in [2.05, 4.69) is 10.4 Å². The Morgan fingerprint density at radius 1 is 1.56 bits per heavy atom. The van der Waals surface area contributed by atoms with Gasteiger partial charge in [-0.15, -0.1) is 0 Å². The summed E-state index contributed by atoms with van der Waals surface area (Å²) in [7, 11) is 1.61. The average Bonchev–Trinajstić information content (AvgIpc) is 2.64. The second-order valence-electron chi connectivity index (χ2n) is 3.65. The lowest BCUT2D eigenvalue weighted by Crippen LogP contribution is -2.14. The van der Waals surface area contributed by atoms with E-state index in [9.17, 15) is 9.18 Å². The molecule has 0 aliphatic heterocycles. The highest BCUT2D eigenvalue weighted by molar-refractivity contribution is 6.30. The molecule has 2 aromatic rings. The third-order valence-corrected chi connectivity index (χ3v) is 2.64. The van der Waals surface area contributed by atoms with E-state index in [4.69, 9.17) is 17.3 Å². The van der Waals surface area contributed by atoms with Gasteiger partial charge >= 0.3 is 0 Å². The summed E-state index contributed by atoms with van der Waals surface area (Å²) < 4.78 is 14.8. The first kappa shape index (κ1) is 12.4. The number of benzene rings is 1. The summed E-state index contributed by atoms with van der Waals surface area (Å²) in [4.78, 5) is 11.8. The first-order valence-corrected chi connectivity index (χ1v) is 5.40. The maximum atomic E-state index is 13.5. The summed E-state index contributed by atoms with van der Waals surface area (Å²) in [5.41, 5.74) is 5.87. The largest absolute Gasteiger partial charge is 0.383 e. The topological polar surface area (TPSA) is 72.9 Å². The summed E-state index contributed by atoms with van der Waals surface area (Å²) in [6, 6.07) is 3.97. The Kier molecular flexibility index (Phi) is 3.20. The summed E-state index contributed by atoms with van der Waals surface area (Å²) in [6.07, 6.45) is 1.32. The molecule has 5 nitrogen and oxygen atoms in total. The minimum atomic E-state index is -0.613. The van der Waals surface area contributed by atoms with E-state index >= 15 is 0 Å². The van der Waals surface area contributed by atoms with E-state index in [-0.39, 0.29) is 22.1 Å². The Morgan fingerprint density at radius 3 is 2.83 bits per heavy atom. The lowest BCUT2D eigenvalue weighted by molar-refractivity contribution is 0.102. The molecular formula is C11H10ClFN4O. The molecule has 1 aromatic heterocycles.